The van der Waals surface area contributed by atoms with Crippen molar-refractivity contribution in [2.24, 2.45) is 0 Å². The number of likely N-dealkylation sites (tertiary alicyclic amines) is 1. The molecule has 1 heterocycles. The third-order valence-electron chi connectivity index (χ3n) is 3.15. The zero-order valence-corrected chi connectivity index (χ0v) is 10.2. The van der Waals surface area contributed by atoms with Gasteiger partial charge in [0.1, 0.15) is 0 Å². The lowest BCUT2D eigenvalue weighted by Crippen LogP contribution is -2.42. The van der Waals surface area contributed by atoms with Crippen LogP contribution in [0.2, 0.25) is 0 Å². The SMILES string of the molecule is C=CCCCNC1CCN(CCC)CC1. The second-order valence-electron chi connectivity index (χ2n) is 4.50. The molecule has 1 aliphatic rings. The molecule has 0 unspecified atom stereocenters. The Morgan fingerprint density at radius 1 is 1.40 bits per heavy atom. The van der Waals surface area contributed by atoms with Crippen LogP contribution in [-0.4, -0.2) is 37.1 Å². The van der Waals surface area contributed by atoms with E-state index < -0.39 is 0 Å². The van der Waals surface area contributed by atoms with Crippen LogP contribution in [0.1, 0.15) is 39.0 Å². The lowest BCUT2D eigenvalue weighted by atomic mass is 10.0. The molecule has 0 radical (unpaired) electrons. The summed E-state index contributed by atoms with van der Waals surface area (Å²) in [6.45, 7) is 11.0. The number of hydrogen-bond donors (Lipinski definition) is 1. The molecule has 0 aliphatic carbocycles. The largest absolute Gasteiger partial charge is 0.314 e. The minimum Gasteiger partial charge on any atom is -0.314 e. The van der Waals surface area contributed by atoms with E-state index in [1.54, 1.807) is 0 Å². The van der Waals surface area contributed by atoms with E-state index in [0.29, 0.717) is 0 Å². The third kappa shape index (κ3) is 5.33. The summed E-state index contributed by atoms with van der Waals surface area (Å²) in [5.41, 5.74) is 0. The first-order valence-electron chi connectivity index (χ1n) is 6.43. The molecule has 0 saturated carbocycles. The molecule has 0 amide bonds. The highest BCUT2D eigenvalue weighted by Gasteiger charge is 2.17. The fourth-order valence-electron chi connectivity index (χ4n) is 2.23. The second kappa shape index (κ2) is 7.89. The van der Waals surface area contributed by atoms with Crippen LogP contribution in [0.4, 0.5) is 0 Å². The van der Waals surface area contributed by atoms with Gasteiger partial charge in [0.15, 0.2) is 0 Å². The van der Waals surface area contributed by atoms with Crippen molar-refractivity contribution in [2.75, 3.05) is 26.2 Å². The summed E-state index contributed by atoms with van der Waals surface area (Å²) in [4.78, 5) is 2.59. The highest BCUT2D eigenvalue weighted by molar-refractivity contribution is 4.77. The van der Waals surface area contributed by atoms with Crippen molar-refractivity contribution in [3.8, 4) is 0 Å². The summed E-state index contributed by atoms with van der Waals surface area (Å²) in [6.07, 6.45) is 8.32. The number of nitrogens with one attached hydrogen (secondary N) is 1. The van der Waals surface area contributed by atoms with E-state index in [1.807, 2.05) is 6.08 Å². The maximum Gasteiger partial charge on any atom is 0.00914 e. The topological polar surface area (TPSA) is 15.3 Å². The van der Waals surface area contributed by atoms with E-state index in [0.717, 1.165) is 19.0 Å². The summed E-state index contributed by atoms with van der Waals surface area (Å²) >= 11 is 0. The van der Waals surface area contributed by atoms with Gasteiger partial charge in [-0.2, -0.15) is 0 Å². The molecular weight excluding hydrogens is 184 g/mol. The van der Waals surface area contributed by atoms with E-state index in [1.165, 1.54) is 45.3 Å². The van der Waals surface area contributed by atoms with Gasteiger partial charge in [0, 0.05) is 6.04 Å². The lowest BCUT2D eigenvalue weighted by molar-refractivity contribution is 0.198. The van der Waals surface area contributed by atoms with Crippen molar-refractivity contribution < 1.29 is 0 Å². The smallest absolute Gasteiger partial charge is 0.00914 e. The van der Waals surface area contributed by atoms with Crippen molar-refractivity contribution in [3.63, 3.8) is 0 Å². The number of rotatable bonds is 7. The zero-order chi connectivity index (χ0) is 10.9. The molecule has 1 fully saturated rings. The van der Waals surface area contributed by atoms with Gasteiger partial charge in [-0.3, -0.25) is 0 Å². The Hall–Kier alpha value is -0.340. The Labute approximate surface area is 94.7 Å². The van der Waals surface area contributed by atoms with Crippen molar-refractivity contribution >= 4 is 0 Å². The van der Waals surface area contributed by atoms with Crippen molar-refractivity contribution in [1.82, 2.24) is 10.2 Å². The maximum absolute atomic E-state index is 3.74. The molecule has 2 nitrogen and oxygen atoms in total. The Morgan fingerprint density at radius 2 is 2.13 bits per heavy atom. The van der Waals surface area contributed by atoms with Gasteiger partial charge in [-0.25, -0.2) is 0 Å². The molecule has 2 heteroatoms. The Morgan fingerprint density at radius 3 is 2.73 bits per heavy atom. The van der Waals surface area contributed by atoms with Gasteiger partial charge in [-0.1, -0.05) is 13.0 Å². The molecule has 1 saturated heterocycles. The predicted molar refractivity (Wildman–Crippen MR) is 67.2 cm³/mol. The lowest BCUT2D eigenvalue weighted by Gasteiger charge is -2.32. The van der Waals surface area contributed by atoms with E-state index in [-0.39, 0.29) is 0 Å². The molecule has 1 rings (SSSR count). The van der Waals surface area contributed by atoms with Crippen LogP contribution in [0, 0.1) is 0 Å². The van der Waals surface area contributed by atoms with Crippen LogP contribution < -0.4 is 5.32 Å². The zero-order valence-electron chi connectivity index (χ0n) is 10.2. The summed E-state index contributed by atoms with van der Waals surface area (Å²) in [5.74, 6) is 0. The van der Waals surface area contributed by atoms with Gasteiger partial charge in [0.25, 0.3) is 0 Å². The van der Waals surface area contributed by atoms with Crippen molar-refractivity contribution in [1.29, 1.82) is 0 Å². The molecule has 1 aliphatic heterocycles. The first kappa shape index (κ1) is 12.7. The summed E-state index contributed by atoms with van der Waals surface area (Å²) in [7, 11) is 0. The van der Waals surface area contributed by atoms with Crippen LogP contribution in [0.3, 0.4) is 0 Å². The minimum atomic E-state index is 0.767. The monoisotopic (exact) mass is 210 g/mol. The molecule has 0 aromatic carbocycles. The average molecular weight is 210 g/mol. The fourth-order valence-corrected chi connectivity index (χ4v) is 2.23. The van der Waals surface area contributed by atoms with Crippen molar-refractivity contribution in [2.45, 2.75) is 45.1 Å². The van der Waals surface area contributed by atoms with Crippen LogP contribution in [0.15, 0.2) is 12.7 Å². The summed E-state index contributed by atoms with van der Waals surface area (Å²) in [6, 6.07) is 0.767. The van der Waals surface area contributed by atoms with Gasteiger partial charge >= 0.3 is 0 Å². The quantitative estimate of drug-likeness (QED) is 0.513. The summed E-state index contributed by atoms with van der Waals surface area (Å²) < 4.78 is 0. The molecule has 1 N–H and O–H groups in total. The average Bonchev–Trinajstić information content (AvgIpc) is 2.27. The molecule has 0 aromatic rings. The first-order chi connectivity index (χ1) is 7.36. The van der Waals surface area contributed by atoms with Gasteiger partial charge in [-0.05, 0) is 58.3 Å². The van der Waals surface area contributed by atoms with E-state index in [9.17, 15) is 0 Å². The van der Waals surface area contributed by atoms with Gasteiger partial charge in [0.2, 0.25) is 0 Å². The molecule has 0 bridgehead atoms. The molecule has 88 valence electrons. The number of hydrogen-bond acceptors (Lipinski definition) is 2. The highest BCUT2D eigenvalue weighted by atomic mass is 15.1. The van der Waals surface area contributed by atoms with E-state index >= 15 is 0 Å². The number of allylic oxidation sites excluding steroid dienone is 1. The number of piperidine rings is 1. The minimum absolute atomic E-state index is 0.767. The van der Waals surface area contributed by atoms with Crippen molar-refractivity contribution in [3.05, 3.63) is 12.7 Å². The molecule has 0 spiro atoms. The highest BCUT2D eigenvalue weighted by Crippen LogP contribution is 2.10. The summed E-state index contributed by atoms with van der Waals surface area (Å²) in [5, 5.41) is 3.64. The second-order valence-corrected chi connectivity index (χ2v) is 4.50. The number of unbranched alkanes of at least 4 members (excludes halogenated alkanes) is 1. The number of nitrogens with zero attached hydrogens (tertiary/aromatic N) is 1. The van der Waals surface area contributed by atoms with Crippen LogP contribution in [0.25, 0.3) is 0 Å². The normalized spacial score (nSPS) is 19.3. The third-order valence-corrected chi connectivity index (χ3v) is 3.15. The Bertz CT molecular complexity index is 160. The van der Waals surface area contributed by atoms with E-state index in [4.69, 9.17) is 0 Å². The first-order valence-corrected chi connectivity index (χ1v) is 6.43. The van der Waals surface area contributed by atoms with Crippen LogP contribution in [0.5, 0.6) is 0 Å². The Balaban J connectivity index is 2.01. The Kier molecular flexibility index (Phi) is 6.69. The van der Waals surface area contributed by atoms with Gasteiger partial charge in [0.05, 0.1) is 0 Å². The van der Waals surface area contributed by atoms with Crippen LogP contribution >= 0.6 is 0 Å². The molecule has 15 heavy (non-hydrogen) atoms. The maximum atomic E-state index is 3.74. The standard InChI is InChI=1S/C13H26N2/c1-3-5-6-9-14-13-7-11-15(10-4-2)12-8-13/h3,13-14H,1,4-12H2,2H3. The van der Waals surface area contributed by atoms with Gasteiger partial charge < -0.3 is 10.2 Å². The van der Waals surface area contributed by atoms with Gasteiger partial charge in [-0.15, -0.1) is 6.58 Å². The fraction of sp³-hybridized carbons (Fsp3) is 0.846. The molecule has 0 aromatic heterocycles. The predicted octanol–water partition coefficient (Wildman–Crippen LogP) is 2.42. The van der Waals surface area contributed by atoms with E-state index in [2.05, 4.69) is 23.7 Å². The molecule has 0 atom stereocenters. The van der Waals surface area contributed by atoms with Crippen LogP contribution in [-0.2, 0) is 0 Å². The molecular formula is C13H26N2.